The van der Waals surface area contributed by atoms with Crippen LogP contribution in [0.4, 0.5) is 0 Å². The second-order valence-electron chi connectivity index (χ2n) is 4.45. The van der Waals surface area contributed by atoms with Gasteiger partial charge in [0.25, 0.3) is 0 Å². The molecule has 0 N–H and O–H groups in total. The summed E-state index contributed by atoms with van der Waals surface area (Å²) in [5.41, 5.74) is 0. The standard InChI is InChI=1S/C11H26NPS3/c1-7-15-13(6,14)16-9-8-12(10(2)3)11(4)5/h10-11H,7-9H2,1-6H3. The first-order valence-electron chi connectivity index (χ1n) is 5.92. The molecule has 1 unspecified atom stereocenters. The highest BCUT2D eigenvalue weighted by Gasteiger charge is 2.15. The minimum Gasteiger partial charge on any atom is -0.298 e. The lowest BCUT2D eigenvalue weighted by molar-refractivity contribution is 0.187. The summed E-state index contributed by atoms with van der Waals surface area (Å²) in [5, 5.41) is 0. The molecule has 1 atom stereocenters. The summed E-state index contributed by atoms with van der Waals surface area (Å²) in [6.45, 7) is 14.7. The normalized spacial score (nSPS) is 16.1. The highest BCUT2D eigenvalue weighted by atomic mass is 33.2. The van der Waals surface area contributed by atoms with E-state index in [1.165, 1.54) is 5.75 Å². The minimum absolute atomic E-state index is 0.633. The Morgan fingerprint density at radius 2 is 1.62 bits per heavy atom. The number of rotatable bonds is 8. The molecule has 0 bridgehead atoms. The third-order valence-electron chi connectivity index (χ3n) is 2.37. The van der Waals surface area contributed by atoms with Crippen molar-refractivity contribution in [2.75, 3.05) is 24.7 Å². The van der Waals surface area contributed by atoms with Crippen LogP contribution >= 0.6 is 27.2 Å². The first-order chi connectivity index (χ1) is 7.30. The Hall–Kier alpha value is 1.31. The van der Waals surface area contributed by atoms with Crippen molar-refractivity contribution in [2.45, 2.75) is 46.7 Å². The van der Waals surface area contributed by atoms with Crippen molar-refractivity contribution in [1.29, 1.82) is 0 Å². The van der Waals surface area contributed by atoms with Crippen LogP contribution in [0, 0.1) is 0 Å². The highest BCUT2D eigenvalue weighted by molar-refractivity contribution is 9.00. The molecule has 0 saturated carbocycles. The molecule has 0 fully saturated rings. The Morgan fingerprint density at radius 1 is 1.12 bits per heavy atom. The van der Waals surface area contributed by atoms with E-state index in [-0.39, 0.29) is 0 Å². The van der Waals surface area contributed by atoms with Crippen molar-refractivity contribution in [1.82, 2.24) is 4.90 Å². The molecule has 0 aliphatic rings. The lowest BCUT2D eigenvalue weighted by Crippen LogP contribution is -2.38. The van der Waals surface area contributed by atoms with Gasteiger partial charge in [0, 0.05) is 24.4 Å². The summed E-state index contributed by atoms with van der Waals surface area (Å²) in [4.78, 5) is 2.54. The molecular weight excluding hydrogens is 273 g/mol. The Morgan fingerprint density at radius 3 is 2.00 bits per heavy atom. The Bertz CT molecular complexity index is 223. The Kier molecular flexibility index (Phi) is 9.11. The molecule has 16 heavy (non-hydrogen) atoms. The molecule has 0 spiro atoms. The van der Waals surface area contributed by atoms with Gasteiger partial charge in [0.15, 0.2) is 0 Å². The van der Waals surface area contributed by atoms with Gasteiger partial charge < -0.3 is 0 Å². The fraction of sp³-hybridized carbons (Fsp3) is 1.00. The second kappa shape index (κ2) is 8.42. The summed E-state index contributed by atoms with van der Waals surface area (Å²) in [6, 6.07) is 1.27. The molecule has 0 saturated heterocycles. The predicted molar refractivity (Wildman–Crippen MR) is 87.8 cm³/mol. The van der Waals surface area contributed by atoms with Crippen molar-refractivity contribution >= 4 is 39.0 Å². The van der Waals surface area contributed by atoms with Crippen LogP contribution in [0.2, 0.25) is 0 Å². The molecular formula is C11H26NPS3. The fourth-order valence-corrected chi connectivity index (χ4v) is 9.64. The topological polar surface area (TPSA) is 3.24 Å². The smallest absolute Gasteiger partial charge is 0.0543 e. The van der Waals surface area contributed by atoms with Crippen molar-refractivity contribution < 1.29 is 0 Å². The summed E-state index contributed by atoms with van der Waals surface area (Å²) >= 11 is 9.63. The average Bonchev–Trinajstić information content (AvgIpc) is 2.10. The third kappa shape index (κ3) is 7.60. The van der Waals surface area contributed by atoms with Crippen LogP contribution in [0.3, 0.4) is 0 Å². The van der Waals surface area contributed by atoms with Crippen LogP contribution in [0.15, 0.2) is 0 Å². The first kappa shape index (κ1) is 17.3. The van der Waals surface area contributed by atoms with E-state index in [0.717, 1.165) is 12.3 Å². The maximum atomic E-state index is 5.64. The molecule has 0 heterocycles. The molecule has 0 amide bonds. The molecule has 5 heteroatoms. The van der Waals surface area contributed by atoms with Gasteiger partial charge in [-0.25, -0.2) is 0 Å². The molecule has 0 aromatic heterocycles. The van der Waals surface area contributed by atoms with E-state index in [1.807, 2.05) is 22.8 Å². The molecule has 98 valence electrons. The lowest BCUT2D eigenvalue weighted by atomic mass is 10.2. The summed E-state index contributed by atoms with van der Waals surface area (Å²) < 4.78 is -1.17. The maximum absolute atomic E-state index is 5.64. The van der Waals surface area contributed by atoms with Crippen LogP contribution in [0.1, 0.15) is 34.6 Å². The van der Waals surface area contributed by atoms with Gasteiger partial charge in [-0.3, -0.25) is 4.90 Å². The van der Waals surface area contributed by atoms with Crippen LogP contribution in [0.5, 0.6) is 0 Å². The molecule has 0 aliphatic heterocycles. The van der Waals surface area contributed by atoms with Gasteiger partial charge in [0.05, 0.1) is 4.44 Å². The summed E-state index contributed by atoms with van der Waals surface area (Å²) in [7, 11) is 0. The van der Waals surface area contributed by atoms with E-state index in [0.29, 0.717) is 12.1 Å². The molecule has 1 nitrogen and oxygen atoms in total. The van der Waals surface area contributed by atoms with E-state index in [4.69, 9.17) is 11.8 Å². The quantitative estimate of drug-likeness (QED) is 0.605. The van der Waals surface area contributed by atoms with Crippen molar-refractivity contribution in [2.24, 2.45) is 0 Å². The Labute approximate surface area is 115 Å². The summed E-state index contributed by atoms with van der Waals surface area (Å²) in [5.74, 6) is 2.33. The van der Waals surface area contributed by atoms with Crippen molar-refractivity contribution in [3.8, 4) is 0 Å². The SMILES string of the molecule is CCSP(C)(=S)SCCN(C(C)C)C(C)C. The molecule has 0 aromatic rings. The molecule has 0 rings (SSSR count). The van der Waals surface area contributed by atoms with Gasteiger partial charge in [-0.1, -0.05) is 18.7 Å². The lowest BCUT2D eigenvalue weighted by Gasteiger charge is -2.30. The molecule has 0 radical (unpaired) electrons. The van der Waals surface area contributed by atoms with E-state index in [2.05, 4.69) is 46.2 Å². The highest BCUT2D eigenvalue weighted by Crippen LogP contribution is 2.66. The van der Waals surface area contributed by atoms with Crippen LogP contribution in [0.25, 0.3) is 0 Å². The predicted octanol–water partition coefficient (Wildman–Crippen LogP) is 4.53. The maximum Gasteiger partial charge on any atom is 0.0543 e. The van der Waals surface area contributed by atoms with Crippen LogP contribution in [-0.4, -0.2) is 41.7 Å². The average molecular weight is 300 g/mol. The van der Waals surface area contributed by atoms with Gasteiger partial charge in [0.2, 0.25) is 0 Å². The van der Waals surface area contributed by atoms with E-state index in [1.54, 1.807) is 0 Å². The minimum atomic E-state index is -1.17. The number of hydrogen-bond donors (Lipinski definition) is 0. The van der Waals surface area contributed by atoms with Gasteiger partial charge in [0.1, 0.15) is 0 Å². The zero-order valence-corrected chi connectivity index (χ0v) is 14.7. The van der Waals surface area contributed by atoms with Gasteiger partial charge in [-0.2, -0.15) is 0 Å². The first-order valence-corrected chi connectivity index (χ1v) is 12.4. The monoisotopic (exact) mass is 299 g/mol. The van der Waals surface area contributed by atoms with Gasteiger partial charge >= 0.3 is 0 Å². The van der Waals surface area contributed by atoms with E-state index in [9.17, 15) is 0 Å². The van der Waals surface area contributed by atoms with Crippen molar-refractivity contribution in [3.63, 3.8) is 0 Å². The van der Waals surface area contributed by atoms with Gasteiger partial charge in [-0.15, -0.1) is 22.8 Å². The Balaban J connectivity index is 4.00. The van der Waals surface area contributed by atoms with Crippen LogP contribution in [-0.2, 0) is 11.8 Å². The van der Waals surface area contributed by atoms with Gasteiger partial charge in [-0.05, 0) is 40.1 Å². The van der Waals surface area contributed by atoms with Crippen LogP contribution < -0.4 is 0 Å². The van der Waals surface area contributed by atoms with E-state index < -0.39 is 4.44 Å². The largest absolute Gasteiger partial charge is 0.298 e. The third-order valence-corrected chi connectivity index (χ3v) is 11.9. The summed E-state index contributed by atoms with van der Waals surface area (Å²) in [6.07, 6.45) is 0. The fourth-order valence-electron chi connectivity index (χ4n) is 1.70. The molecule has 0 aliphatic carbocycles. The number of nitrogens with zero attached hydrogens (tertiary/aromatic N) is 1. The number of hydrogen-bond acceptors (Lipinski definition) is 4. The zero-order chi connectivity index (χ0) is 12.8. The second-order valence-corrected chi connectivity index (χ2v) is 17.7. The van der Waals surface area contributed by atoms with Crippen molar-refractivity contribution in [3.05, 3.63) is 0 Å². The molecule has 0 aromatic carbocycles. The zero-order valence-electron chi connectivity index (χ0n) is 11.4. The van der Waals surface area contributed by atoms with E-state index >= 15 is 0 Å².